The fraction of sp³-hybridized carbons (Fsp3) is 1.00. The van der Waals surface area contributed by atoms with Gasteiger partial charge in [-0.2, -0.15) is 0 Å². The van der Waals surface area contributed by atoms with Gasteiger partial charge in [-0.15, -0.1) is 0 Å². The van der Waals surface area contributed by atoms with E-state index in [2.05, 4.69) is 5.32 Å². The average Bonchev–Trinajstić information content (AvgIpc) is 2.17. The lowest BCUT2D eigenvalue weighted by atomic mass is 10.4. The Labute approximate surface area is 50.0 Å². The first-order chi connectivity index (χ1) is 3.91. The summed E-state index contributed by atoms with van der Waals surface area (Å²) in [4.78, 5) is 0. The molecule has 8 heavy (non-hydrogen) atoms. The van der Waals surface area contributed by atoms with Crippen molar-refractivity contribution in [3.05, 3.63) is 0 Å². The Morgan fingerprint density at radius 3 is 1.62 bits per heavy atom. The van der Waals surface area contributed by atoms with Gasteiger partial charge in [0.25, 0.3) is 0 Å². The quantitative estimate of drug-likeness (QED) is 0.342. The van der Waals surface area contributed by atoms with Crippen molar-refractivity contribution >= 4 is 7.69 Å². The summed E-state index contributed by atoms with van der Waals surface area (Å²) in [6, 6.07) is 0. The van der Waals surface area contributed by atoms with Crippen LogP contribution >= 0.6 is 0 Å². The molecule has 1 rings (SSSR count). The highest BCUT2D eigenvalue weighted by Gasteiger charge is 1.93. The third-order valence-corrected chi connectivity index (χ3v) is 0.957. The van der Waals surface area contributed by atoms with Crippen LogP contribution in [0, 0.1) is 0 Å². The summed E-state index contributed by atoms with van der Waals surface area (Å²) >= 11 is 0. The van der Waals surface area contributed by atoms with Crippen LogP contribution in [-0.4, -0.2) is 30.8 Å². The number of hydrogen-bond donors (Lipinski definition) is 3. The lowest BCUT2D eigenvalue weighted by molar-refractivity contribution is 0.448. The van der Waals surface area contributed by atoms with Crippen molar-refractivity contribution in [3.63, 3.8) is 0 Å². The largest absolute Gasteiger partial charge is 0.432 e. The number of nitrogens with one attached hydrogen (secondary N) is 1. The van der Waals surface area contributed by atoms with Crippen molar-refractivity contribution in [3.8, 4) is 0 Å². The molecule has 4 heteroatoms. The van der Waals surface area contributed by atoms with Crippen LogP contribution in [0.4, 0.5) is 0 Å². The minimum absolute atomic E-state index is 0.750. The van der Waals surface area contributed by atoms with E-state index in [0.29, 0.717) is 0 Å². The summed E-state index contributed by atoms with van der Waals surface area (Å²) in [5.74, 6) is 0. The van der Waals surface area contributed by atoms with E-state index >= 15 is 0 Å². The third kappa shape index (κ3) is 5.94. The minimum Gasteiger partial charge on any atom is -0.430 e. The van der Waals surface area contributed by atoms with Crippen LogP contribution in [0.15, 0.2) is 0 Å². The van der Waals surface area contributed by atoms with Crippen LogP contribution in [0.5, 0.6) is 0 Å². The zero-order valence-corrected chi connectivity index (χ0v) is 4.93. The van der Waals surface area contributed by atoms with E-state index in [4.69, 9.17) is 10.0 Å². The van der Waals surface area contributed by atoms with Gasteiger partial charge in [0.1, 0.15) is 0 Å². The molecule has 1 heterocycles. The van der Waals surface area contributed by atoms with Gasteiger partial charge in [0.15, 0.2) is 0 Å². The lowest BCUT2D eigenvalue weighted by Gasteiger charge is -1.76. The van der Waals surface area contributed by atoms with Gasteiger partial charge in [0.05, 0.1) is 0 Å². The van der Waals surface area contributed by atoms with Gasteiger partial charge in [0.2, 0.25) is 0 Å². The topological polar surface area (TPSA) is 52.5 Å². The van der Waals surface area contributed by atoms with Crippen molar-refractivity contribution in [1.82, 2.24) is 5.32 Å². The van der Waals surface area contributed by atoms with Gasteiger partial charge in [-0.1, -0.05) is 0 Å². The van der Waals surface area contributed by atoms with Crippen molar-refractivity contribution < 1.29 is 10.0 Å². The molecule has 1 aliphatic rings. The van der Waals surface area contributed by atoms with Gasteiger partial charge in [-0.25, -0.2) is 0 Å². The first-order valence-corrected chi connectivity index (χ1v) is 2.84. The molecule has 1 aliphatic heterocycles. The Kier molecular flexibility index (Phi) is 6.90. The monoisotopic (exact) mass is 117 g/mol. The minimum atomic E-state index is -0.750. The summed E-state index contributed by atoms with van der Waals surface area (Å²) in [5.41, 5.74) is 0. The second-order valence-electron chi connectivity index (χ2n) is 1.60. The Balaban J connectivity index is 0.000000145. The van der Waals surface area contributed by atoms with E-state index in [-0.39, 0.29) is 0 Å². The van der Waals surface area contributed by atoms with Crippen LogP contribution in [0.2, 0.25) is 0 Å². The summed E-state index contributed by atoms with van der Waals surface area (Å²) < 4.78 is 0. The average molecular weight is 117 g/mol. The van der Waals surface area contributed by atoms with Gasteiger partial charge in [-0.3, -0.25) is 0 Å². The van der Waals surface area contributed by atoms with Crippen molar-refractivity contribution in [1.29, 1.82) is 0 Å². The summed E-state index contributed by atoms with van der Waals surface area (Å²) in [5, 5.41) is 17.5. The Hall–Kier alpha value is -0.0551. The molecule has 1 fully saturated rings. The Morgan fingerprint density at radius 1 is 1.12 bits per heavy atom. The molecule has 0 atom stereocenters. The lowest BCUT2D eigenvalue weighted by Crippen LogP contribution is -2.03. The summed E-state index contributed by atoms with van der Waals surface area (Å²) in [7, 11) is -0.750. The molecular weight excluding hydrogens is 105 g/mol. The first-order valence-electron chi connectivity index (χ1n) is 2.84. The maximum absolute atomic E-state index is 7.12. The maximum Gasteiger partial charge on any atom is 0.432 e. The standard InChI is InChI=1S/C4H9N.BH3O2/c1-2-4-5-3-1;2-1-3/h5H,1-4H2;1-3H. The van der Waals surface area contributed by atoms with Crippen LogP contribution in [0.3, 0.4) is 0 Å². The second-order valence-corrected chi connectivity index (χ2v) is 1.60. The molecule has 0 aromatic rings. The Bertz CT molecular complexity index is 33.4. The molecule has 0 aliphatic carbocycles. The molecule has 0 amide bonds. The van der Waals surface area contributed by atoms with Gasteiger partial charge >= 0.3 is 7.69 Å². The molecular formula is C4H12BNO2. The van der Waals surface area contributed by atoms with Crippen LogP contribution < -0.4 is 5.32 Å². The predicted octanol–water partition coefficient (Wildman–Crippen LogP) is -1.39. The molecule has 0 aromatic carbocycles. The van der Waals surface area contributed by atoms with E-state index in [1.54, 1.807) is 0 Å². The zero-order valence-electron chi connectivity index (χ0n) is 4.93. The van der Waals surface area contributed by atoms with E-state index in [1.807, 2.05) is 0 Å². The number of rotatable bonds is 0. The Morgan fingerprint density at radius 2 is 1.50 bits per heavy atom. The van der Waals surface area contributed by atoms with Gasteiger partial charge < -0.3 is 15.4 Å². The normalized spacial score (nSPS) is 16.8. The second kappa shape index (κ2) is 6.94. The zero-order chi connectivity index (χ0) is 6.24. The predicted molar refractivity (Wildman–Crippen MR) is 33.7 cm³/mol. The molecule has 3 nitrogen and oxygen atoms in total. The molecule has 3 N–H and O–H groups in total. The molecule has 0 spiro atoms. The third-order valence-electron chi connectivity index (χ3n) is 0.957. The fourth-order valence-corrected chi connectivity index (χ4v) is 0.625. The summed E-state index contributed by atoms with van der Waals surface area (Å²) in [6.45, 7) is 2.50. The molecule has 1 saturated heterocycles. The molecule has 0 aromatic heterocycles. The molecule has 0 bridgehead atoms. The number of hydrogen-bond acceptors (Lipinski definition) is 3. The smallest absolute Gasteiger partial charge is 0.430 e. The SMILES string of the molecule is C1CCNC1.OBO. The maximum atomic E-state index is 7.12. The van der Waals surface area contributed by atoms with Crippen molar-refractivity contribution in [2.45, 2.75) is 12.8 Å². The van der Waals surface area contributed by atoms with E-state index in [1.165, 1.54) is 25.9 Å². The van der Waals surface area contributed by atoms with E-state index in [0.717, 1.165) is 0 Å². The van der Waals surface area contributed by atoms with Crippen LogP contribution in [0.1, 0.15) is 12.8 Å². The van der Waals surface area contributed by atoms with Gasteiger partial charge in [-0.05, 0) is 25.9 Å². The summed E-state index contributed by atoms with van der Waals surface area (Å²) in [6.07, 6.45) is 2.78. The highest BCUT2D eigenvalue weighted by molar-refractivity contribution is 6.13. The van der Waals surface area contributed by atoms with Crippen LogP contribution in [0.25, 0.3) is 0 Å². The fourth-order valence-electron chi connectivity index (χ4n) is 0.625. The van der Waals surface area contributed by atoms with E-state index < -0.39 is 7.69 Å². The van der Waals surface area contributed by atoms with Crippen molar-refractivity contribution in [2.24, 2.45) is 0 Å². The molecule has 48 valence electrons. The molecule has 0 unspecified atom stereocenters. The molecule has 0 radical (unpaired) electrons. The van der Waals surface area contributed by atoms with Crippen LogP contribution in [-0.2, 0) is 0 Å². The molecule has 0 saturated carbocycles. The highest BCUT2D eigenvalue weighted by Crippen LogP contribution is 1.90. The van der Waals surface area contributed by atoms with E-state index in [9.17, 15) is 0 Å². The van der Waals surface area contributed by atoms with Gasteiger partial charge in [0, 0.05) is 0 Å². The highest BCUT2D eigenvalue weighted by atomic mass is 16.4. The first kappa shape index (κ1) is 7.94. The van der Waals surface area contributed by atoms with Crippen molar-refractivity contribution in [2.75, 3.05) is 13.1 Å².